The lowest BCUT2D eigenvalue weighted by Crippen LogP contribution is -2.30. The molecule has 0 aliphatic rings. The summed E-state index contributed by atoms with van der Waals surface area (Å²) in [5, 5.41) is 10.3. The Hall–Kier alpha value is -0.800. The molecule has 0 radical (unpaired) electrons. The van der Waals surface area contributed by atoms with Crippen molar-refractivity contribution < 1.29 is 26.7 Å². The first-order chi connectivity index (χ1) is 7.73. The Morgan fingerprint density at radius 3 is 2.47 bits per heavy atom. The van der Waals surface area contributed by atoms with Crippen LogP contribution in [0, 0.1) is 0 Å². The van der Waals surface area contributed by atoms with Gasteiger partial charge >= 0.3 is 15.5 Å². The topological polar surface area (TPSA) is 66.4 Å². The molecule has 1 rings (SSSR count). The molecule has 0 aromatic carbocycles. The lowest BCUT2D eigenvalue weighted by Gasteiger charge is -2.12. The van der Waals surface area contributed by atoms with E-state index < -0.39 is 22.1 Å². The van der Waals surface area contributed by atoms with E-state index >= 15 is 0 Å². The highest BCUT2D eigenvalue weighted by atomic mass is 32.2. The maximum Gasteiger partial charge on any atom is 0.516 e. The highest BCUT2D eigenvalue weighted by molar-refractivity contribution is 7.93. The fourth-order valence-corrected chi connectivity index (χ4v) is 2.78. The van der Waals surface area contributed by atoms with Gasteiger partial charge in [0.1, 0.15) is 0 Å². The van der Waals surface area contributed by atoms with E-state index in [0.717, 1.165) is 11.3 Å². The van der Waals surface area contributed by atoms with Crippen molar-refractivity contribution in [1.29, 1.82) is 0 Å². The average Bonchev–Trinajstić information content (AvgIpc) is 2.57. The van der Waals surface area contributed by atoms with E-state index in [0.29, 0.717) is 11.3 Å². The molecule has 0 fully saturated rings. The third kappa shape index (κ3) is 2.90. The van der Waals surface area contributed by atoms with Gasteiger partial charge in [-0.05, 0) is 11.8 Å². The quantitative estimate of drug-likeness (QED) is 0.891. The molecule has 0 aliphatic heterocycles. The van der Waals surface area contributed by atoms with Crippen LogP contribution in [0.2, 0.25) is 0 Å². The number of aryl methyl sites for hydroxylation is 1. The molecule has 1 aromatic heterocycles. The van der Waals surface area contributed by atoms with Crippen LogP contribution in [0.25, 0.3) is 0 Å². The number of nitrogens with one attached hydrogen (secondary N) is 1. The number of thiophene rings is 1. The highest BCUT2D eigenvalue weighted by Gasteiger charge is 2.46. The number of hydrogen-bond donors (Lipinski definition) is 2. The second kappa shape index (κ2) is 4.83. The van der Waals surface area contributed by atoms with Crippen LogP contribution in [0.15, 0.2) is 5.38 Å². The van der Waals surface area contributed by atoms with E-state index in [-0.39, 0.29) is 11.3 Å². The van der Waals surface area contributed by atoms with Gasteiger partial charge in [-0.3, -0.25) is 4.72 Å². The maximum absolute atomic E-state index is 12.2. The zero-order chi connectivity index (χ0) is 13.3. The van der Waals surface area contributed by atoms with Gasteiger partial charge in [0.25, 0.3) is 0 Å². The summed E-state index contributed by atoms with van der Waals surface area (Å²) in [6, 6.07) is 0. The Morgan fingerprint density at radius 2 is 2.06 bits per heavy atom. The van der Waals surface area contributed by atoms with E-state index in [2.05, 4.69) is 0 Å². The Morgan fingerprint density at radius 1 is 1.47 bits per heavy atom. The van der Waals surface area contributed by atoms with Gasteiger partial charge < -0.3 is 5.11 Å². The van der Waals surface area contributed by atoms with Crippen LogP contribution in [0.5, 0.6) is 0 Å². The van der Waals surface area contributed by atoms with Crippen molar-refractivity contribution in [2.75, 3.05) is 4.72 Å². The third-order valence-electron chi connectivity index (χ3n) is 1.98. The summed E-state index contributed by atoms with van der Waals surface area (Å²) in [5.41, 5.74) is -5.40. The summed E-state index contributed by atoms with van der Waals surface area (Å²) in [4.78, 5) is 0.446. The van der Waals surface area contributed by atoms with Gasteiger partial charge in [0.15, 0.2) is 0 Å². The summed E-state index contributed by atoms with van der Waals surface area (Å²) < 4.78 is 59.9. The predicted octanol–water partition coefficient (Wildman–Crippen LogP) is 2.06. The highest BCUT2D eigenvalue weighted by Crippen LogP contribution is 2.33. The minimum absolute atomic E-state index is 0.139. The van der Waals surface area contributed by atoms with Crippen molar-refractivity contribution in [3.8, 4) is 0 Å². The summed E-state index contributed by atoms with van der Waals surface area (Å²) in [7, 11) is -5.44. The molecule has 0 saturated carbocycles. The van der Waals surface area contributed by atoms with Crippen molar-refractivity contribution in [2.45, 2.75) is 25.5 Å². The number of halogens is 3. The molecule has 1 aromatic rings. The van der Waals surface area contributed by atoms with Crippen LogP contribution in [-0.4, -0.2) is 19.0 Å². The standard InChI is InChI=1S/C8H10F3NO3S2/c1-2-6-7(5(3-13)4-16-6)12-17(14,15)8(9,10)11/h4,12-13H,2-3H2,1H3. The molecular formula is C8H10F3NO3S2. The van der Waals surface area contributed by atoms with Gasteiger partial charge in [-0.2, -0.15) is 21.6 Å². The SMILES string of the molecule is CCc1scc(CO)c1NS(=O)(=O)C(F)(F)F. The molecule has 0 amide bonds. The monoisotopic (exact) mass is 289 g/mol. The Labute approximate surface area is 100 Å². The third-order valence-corrected chi connectivity index (χ3v) is 4.24. The first-order valence-corrected chi connectivity index (χ1v) is 6.88. The number of aliphatic hydroxyl groups is 1. The molecule has 98 valence electrons. The van der Waals surface area contributed by atoms with E-state index in [9.17, 15) is 21.6 Å². The van der Waals surface area contributed by atoms with Gasteiger partial charge in [0.2, 0.25) is 0 Å². The number of rotatable bonds is 4. The minimum atomic E-state index is -5.44. The summed E-state index contributed by atoms with van der Waals surface area (Å²) in [6.07, 6.45) is 0.375. The van der Waals surface area contributed by atoms with Gasteiger partial charge in [-0.25, -0.2) is 0 Å². The van der Waals surface area contributed by atoms with Crippen LogP contribution in [-0.2, 0) is 23.1 Å². The first-order valence-electron chi connectivity index (χ1n) is 4.52. The summed E-state index contributed by atoms with van der Waals surface area (Å²) >= 11 is 1.10. The maximum atomic E-state index is 12.2. The van der Waals surface area contributed by atoms with Crippen molar-refractivity contribution in [2.24, 2.45) is 0 Å². The van der Waals surface area contributed by atoms with E-state index in [1.165, 1.54) is 10.1 Å². The molecule has 2 N–H and O–H groups in total. The van der Waals surface area contributed by atoms with Crippen molar-refractivity contribution in [1.82, 2.24) is 0 Å². The number of hydrogen-bond acceptors (Lipinski definition) is 4. The predicted molar refractivity (Wildman–Crippen MR) is 58.2 cm³/mol. The minimum Gasteiger partial charge on any atom is -0.392 e. The fourth-order valence-electron chi connectivity index (χ4n) is 1.13. The molecule has 0 spiro atoms. The van der Waals surface area contributed by atoms with E-state index in [4.69, 9.17) is 5.11 Å². The van der Waals surface area contributed by atoms with Crippen molar-refractivity contribution >= 4 is 27.0 Å². The lowest BCUT2D eigenvalue weighted by atomic mass is 10.2. The molecule has 17 heavy (non-hydrogen) atoms. The van der Waals surface area contributed by atoms with Crippen LogP contribution in [0.3, 0.4) is 0 Å². The molecule has 0 aliphatic carbocycles. The zero-order valence-electron chi connectivity index (χ0n) is 8.71. The Kier molecular flexibility index (Phi) is 4.05. The lowest BCUT2D eigenvalue weighted by molar-refractivity contribution is -0.0429. The van der Waals surface area contributed by atoms with Crippen molar-refractivity contribution in [3.05, 3.63) is 15.8 Å². The van der Waals surface area contributed by atoms with E-state index in [1.54, 1.807) is 6.92 Å². The number of sulfonamides is 1. The number of alkyl halides is 3. The molecule has 0 bridgehead atoms. The van der Waals surface area contributed by atoms with Gasteiger partial charge in [0, 0.05) is 10.4 Å². The molecule has 1 heterocycles. The molecule has 0 atom stereocenters. The summed E-state index contributed by atoms with van der Waals surface area (Å²) in [6.45, 7) is 1.16. The Balaban J connectivity index is 3.15. The van der Waals surface area contributed by atoms with E-state index in [1.807, 2.05) is 0 Å². The average molecular weight is 289 g/mol. The van der Waals surface area contributed by atoms with Gasteiger partial charge in [0.05, 0.1) is 12.3 Å². The number of aliphatic hydroxyl groups excluding tert-OH is 1. The molecular weight excluding hydrogens is 279 g/mol. The van der Waals surface area contributed by atoms with Crippen LogP contribution in [0.1, 0.15) is 17.4 Å². The molecule has 4 nitrogen and oxygen atoms in total. The van der Waals surface area contributed by atoms with Crippen LogP contribution < -0.4 is 4.72 Å². The first kappa shape index (κ1) is 14.3. The van der Waals surface area contributed by atoms with Crippen LogP contribution >= 0.6 is 11.3 Å². The van der Waals surface area contributed by atoms with Crippen molar-refractivity contribution in [3.63, 3.8) is 0 Å². The summed E-state index contributed by atoms with van der Waals surface area (Å²) in [5.74, 6) is 0. The molecule has 9 heteroatoms. The Bertz CT molecular complexity index is 471. The largest absolute Gasteiger partial charge is 0.516 e. The van der Waals surface area contributed by atoms with Gasteiger partial charge in [-0.1, -0.05) is 6.92 Å². The van der Waals surface area contributed by atoms with Crippen LogP contribution in [0.4, 0.5) is 18.9 Å². The van der Waals surface area contributed by atoms with Gasteiger partial charge in [-0.15, -0.1) is 11.3 Å². The molecule has 0 saturated heterocycles. The zero-order valence-corrected chi connectivity index (χ0v) is 10.3. The second-order valence-corrected chi connectivity index (χ2v) is 5.76. The normalized spacial score (nSPS) is 12.8. The second-order valence-electron chi connectivity index (χ2n) is 3.12. The molecule has 0 unspecified atom stereocenters. The number of anilines is 1. The fraction of sp³-hybridized carbons (Fsp3) is 0.500. The smallest absolute Gasteiger partial charge is 0.392 e.